The lowest BCUT2D eigenvalue weighted by molar-refractivity contribution is -0.904. The standard InChI is InChI=1S/C5H6NO.C4H4N2/c7-6-4-2-1-3-5-6;1-2-5-4-6-3-1/h1-5,7H;1-4H/q+1;. The van der Waals surface area contributed by atoms with Gasteiger partial charge in [0.2, 0.25) is 12.4 Å². The van der Waals surface area contributed by atoms with Crippen molar-refractivity contribution in [2.75, 3.05) is 0 Å². The van der Waals surface area contributed by atoms with Gasteiger partial charge in [-0.05, 0) is 6.07 Å². The minimum absolute atomic E-state index is 1.00. The summed E-state index contributed by atoms with van der Waals surface area (Å²) in [6.45, 7) is 0. The van der Waals surface area contributed by atoms with E-state index in [-0.39, 0.29) is 0 Å². The zero-order chi connectivity index (χ0) is 9.36. The first-order valence-corrected chi connectivity index (χ1v) is 3.75. The smallest absolute Gasteiger partial charge is 0.222 e. The van der Waals surface area contributed by atoms with Gasteiger partial charge >= 0.3 is 0 Å². The maximum absolute atomic E-state index is 8.55. The summed E-state index contributed by atoms with van der Waals surface area (Å²) in [6.07, 6.45) is 7.99. The molecular formula is C9H10N3O+. The predicted molar refractivity (Wildman–Crippen MR) is 45.9 cm³/mol. The molecule has 66 valence electrons. The minimum Gasteiger partial charge on any atom is -0.285 e. The lowest BCUT2D eigenvalue weighted by atomic mass is 10.5. The summed E-state index contributed by atoms with van der Waals surface area (Å²) in [7, 11) is 0. The van der Waals surface area contributed by atoms with E-state index in [9.17, 15) is 0 Å². The first-order chi connectivity index (χ1) is 6.39. The van der Waals surface area contributed by atoms with Gasteiger partial charge in [0.1, 0.15) is 6.33 Å². The summed E-state index contributed by atoms with van der Waals surface area (Å²) in [6, 6.07) is 7.12. The Morgan fingerprint density at radius 3 is 1.69 bits per heavy atom. The normalized spacial score (nSPS) is 8.31. The zero-order valence-electron chi connectivity index (χ0n) is 6.99. The van der Waals surface area contributed by atoms with Crippen molar-refractivity contribution in [1.29, 1.82) is 0 Å². The van der Waals surface area contributed by atoms with E-state index < -0.39 is 0 Å². The highest BCUT2D eigenvalue weighted by Crippen LogP contribution is 1.71. The number of nitrogens with zero attached hydrogens (tertiary/aromatic N) is 3. The van der Waals surface area contributed by atoms with E-state index in [1.165, 1.54) is 6.33 Å². The molecule has 0 aliphatic rings. The number of aromatic nitrogens is 3. The molecule has 0 fully saturated rings. The summed E-state index contributed by atoms with van der Waals surface area (Å²) in [5.41, 5.74) is 0. The summed E-state index contributed by atoms with van der Waals surface area (Å²) in [5.74, 6) is 0. The second-order valence-corrected chi connectivity index (χ2v) is 2.16. The van der Waals surface area contributed by atoms with Gasteiger partial charge in [0.05, 0.1) is 0 Å². The van der Waals surface area contributed by atoms with Crippen LogP contribution < -0.4 is 4.73 Å². The average Bonchev–Trinajstić information content (AvgIpc) is 2.22. The van der Waals surface area contributed by atoms with Gasteiger partial charge in [0.15, 0.2) is 0 Å². The molecule has 13 heavy (non-hydrogen) atoms. The largest absolute Gasteiger partial charge is 0.285 e. The van der Waals surface area contributed by atoms with Crippen LogP contribution in [0.5, 0.6) is 0 Å². The number of hydrogen-bond donors (Lipinski definition) is 1. The van der Waals surface area contributed by atoms with E-state index >= 15 is 0 Å². The third kappa shape index (κ3) is 4.47. The zero-order valence-corrected chi connectivity index (χ0v) is 6.99. The second kappa shape index (κ2) is 5.65. The molecule has 0 amide bonds. The third-order valence-corrected chi connectivity index (χ3v) is 1.18. The molecule has 0 aromatic carbocycles. The second-order valence-electron chi connectivity index (χ2n) is 2.16. The summed E-state index contributed by atoms with van der Waals surface area (Å²) in [4.78, 5) is 7.35. The molecule has 0 aliphatic carbocycles. The Morgan fingerprint density at radius 1 is 0.846 bits per heavy atom. The number of pyridine rings is 1. The van der Waals surface area contributed by atoms with Crippen LogP contribution in [0.25, 0.3) is 0 Å². The van der Waals surface area contributed by atoms with Crippen LogP contribution in [0.3, 0.4) is 0 Å². The quantitative estimate of drug-likeness (QED) is 0.474. The molecule has 2 heterocycles. The van der Waals surface area contributed by atoms with Crippen molar-refractivity contribution in [3.8, 4) is 0 Å². The molecule has 0 radical (unpaired) electrons. The fraction of sp³-hybridized carbons (Fsp3) is 0. The molecular weight excluding hydrogens is 166 g/mol. The SMILES string of the molecule is O[n+]1ccccc1.c1cncnc1. The van der Waals surface area contributed by atoms with Gasteiger partial charge in [-0.15, -0.1) is 0 Å². The molecule has 2 rings (SSSR count). The van der Waals surface area contributed by atoms with Gasteiger partial charge in [-0.2, -0.15) is 0 Å². The van der Waals surface area contributed by atoms with Crippen molar-refractivity contribution in [3.63, 3.8) is 0 Å². The van der Waals surface area contributed by atoms with Gasteiger partial charge < -0.3 is 0 Å². The highest BCUT2D eigenvalue weighted by molar-refractivity contribution is 4.82. The minimum atomic E-state index is 1.00. The van der Waals surface area contributed by atoms with Crippen LogP contribution >= 0.6 is 0 Å². The van der Waals surface area contributed by atoms with Crippen molar-refractivity contribution in [2.24, 2.45) is 0 Å². The number of rotatable bonds is 0. The molecule has 4 heteroatoms. The van der Waals surface area contributed by atoms with Crippen LogP contribution in [0.4, 0.5) is 0 Å². The Labute approximate surface area is 76.1 Å². The van der Waals surface area contributed by atoms with Gasteiger partial charge in [0, 0.05) is 29.3 Å². The number of hydrogen-bond acceptors (Lipinski definition) is 3. The van der Waals surface area contributed by atoms with Gasteiger partial charge in [-0.3, -0.25) is 5.21 Å². The van der Waals surface area contributed by atoms with E-state index in [1.54, 1.807) is 43.0 Å². The Bertz CT molecular complexity index is 285. The van der Waals surface area contributed by atoms with E-state index in [0.29, 0.717) is 0 Å². The van der Waals surface area contributed by atoms with Crippen LogP contribution in [0.2, 0.25) is 0 Å². The van der Waals surface area contributed by atoms with Crippen molar-refractivity contribution in [3.05, 3.63) is 55.4 Å². The molecule has 4 nitrogen and oxygen atoms in total. The molecule has 0 aliphatic heterocycles. The van der Waals surface area contributed by atoms with E-state index in [1.807, 2.05) is 6.07 Å². The van der Waals surface area contributed by atoms with Crippen molar-refractivity contribution >= 4 is 0 Å². The first-order valence-electron chi connectivity index (χ1n) is 3.75. The van der Waals surface area contributed by atoms with Gasteiger partial charge in [-0.1, -0.05) is 6.07 Å². The molecule has 0 saturated heterocycles. The van der Waals surface area contributed by atoms with Crippen LogP contribution in [0.1, 0.15) is 0 Å². The van der Waals surface area contributed by atoms with Gasteiger partial charge in [0.25, 0.3) is 0 Å². The van der Waals surface area contributed by atoms with E-state index in [0.717, 1.165) is 4.73 Å². The Balaban J connectivity index is 0.000000132. The topological polar surface area (TPSA) is 49.9 Å². The Morgan fingerprint density at radius 2 is 1.46 bits per heavy atom. The van der Waals surface area contributed by atoms with Gasteiger partial charge in [-0.25, -0.2) is 9.97 Å². The molecule has 0 unspecified atom stereocenters. The molecule has 2 aromatic rings. The fourth-order valence-corrected chi connectivity index (χ4v) is 0.643. The molecule has 2 aromatic heterocycles. The van der Waals surface area contributed by atoms with Crippen molar-refractivity contribution < 1.29 is 9.94 Å². The average molecular weight is 176 g/mol. The summed E-state index contributed by atoms with van der Waals surface area (Å²) in [5, 5.41) is 8.55. The molecule has 0 bridgehead atoms. The van der Waals surface area contributed by atoms with Crippen LogP contribution in [0, 0.1) is 0 Å². The Kier molecular flexibility index (Phi) is 3.96. The van der Waals surface area contributed by atoms with E-state index in [2.05, 4.69) is 9.97 Å². The lowest BCUT2D eigenvalue weighted by Crippen LogP contribution is -2.27. The highest BCUT2D eigenvalue weighted by Gasteiger charge is 1.82. The lowest BCUT2D eigenvalue weighted by Gasteiger charge is -1.74. The predicted octanol–water partition coefficient (Wildman–Crippen LogP) is 0.688. The third-order valence-electron chi connectivity index (χ3n) is 1.18. The summed E-state index contributed by atoms with van der Waals surface area (Å²) < 4.78 is 1.00. The first kappa shape index (κ1) is 9.12. The van der Waals surface area contributed by atoms with Crippen molar-refractivity contribution in [2.45, 2.75) is 0 Å². The molecule has 0 spiro atoms. The highest BCUT2D eigenvalue weighted by atomic mass is 16.5. The van der Waals surface area contributed by atoms with Crippen LogP contribution in [-0.2, 0) is 0 Å². The maximum Gasteiger partial charge on any atom is 0.222 e. The molecule has 0 saturated carbocycles. The van der Waals surface area contributed by atoms with Crippen molar-refractivity contribution in [1.82, 2.24) is 9.97 Å². The maximum atomic E-state index is 8.55. The van der Waals surface area contributed by atoms with Crippen LogP contribution in [0.15, 0.2) is 55.4 Å². The van der Waals surface area contributed by atoms with E-state index in [4.69, 9.17) is 5.21 Å². The van der Waals surface area contributed by atoms with Crippen LogP contribution in [-0.4, -0.2) is 15.2 Å². The summed E-state index contributed by atoms with van der Waals surface area (Å²) >= 11 is 0. The fourth-order valence-electron chi connectivity index (χ4n) is 0.643. The Hall–Kier alpha value is -1.97. The molecule has 1 N–H and O–H groups in total. The molecule has 0 atom stereocenters. The monoisotopic (exact) mass is 176 g/mol.